The fraction of sp³-hybridized carbons (Fsp3) is 0.130. The van der Waals surface area contributed by atoms with Crippen LogP contribution < -0.4 is 29.9 Å². The predicted octanol–water partition coefficient (Wildman–Crippen LogP) is 4.33. The maximum absolute atomic E-state index is 13.7. The molecule has 0 aliphatic carbocycles. The second-order valence-corrected chi connectivity index (χ2v) is 7.03. The summed E-state index contributed by atoms with van der Waals surface area (Å²) in [5, 5.41) is 6.58. The molecule has 0 radical (unpaired) electrons. The van der Waals surface area contributed by atoms with Gasteiger partial charge in [0.05, 0.1) is 31.3 Å². The molecule has 5 rings (SSSR count). The van der Waals surface area contributed by atoms with Gasteiger partial charge in [0.1, 0.15) is 11.5 Å². The van der Waals surface area contributed by atoms with Gasteiger partial charge >= 0.3 is 6.03 Å². The molecule has 1 unspecified atom stereocenters. The summed E-state index contributed by atoms with van der Waals surface area (Å²) in [6.45, 7) is 0. The van der Waals surface area contributed by atoms with Crippen molar-refractivity contribution in [2.75, 3.05) is 34.7 Å². The molecule has 156 valence electrons. The van der Waals surface area contributed by atoms with Crippen LogP contribution in [-0.4, -0.2) is 32.5 Å². The van der Waals surface area contributed by atoms with E-state index in [-0.39, 0.29) is 6.03 Å². The summed E-state index contributed by atoms with van der Waals surface area (Å²) in [5.41, 5.74) is 3.12. The van der Waals surface area contributed by atoms with Crippen molar-refractivity contribution >= 4 is 34.7 Å². The number of carbonyl (C=O) groups is 1. The molecule has 8 heteroatoms. The highest BCUT2D eigenvalue weighted by Crippen LogP contribution is 2.38. The predicted molar refractivity (Wildman–Crippen MR) is 121 cm³/mol. The van der Waals surface area contributed by atoms with Gasteiger partial charge in [-0.05, 0) is 60.7 Å². The summed E-state index contributed by atoms with van der Waals surface area (Å²) in [7, 11) is 3.23. The van der Waals surface area contributed by atoms with Crippen LogP contribution in [0.4, 0.5) is 27.5 Å². The van der Waals surface area contributed by atoms with Crippen molar-refractivity contribution in [3.05, 3.63) is 72.8 Å². The Hall–Kier alpha value is -4.20. The van der Waals surface area contributed by atoms with Gasteiger partial charge in [-0.1, -0.05) is 12.1 Å². The number of ether oxygens (including phenoxy) is 2. The molecule has 3 aromatic carbocycles. The average molecular weight is 415 g/mol. The van der Waals surface area contributed by atoms with Gasteiger partial charge in [-0.2, -0.15) is 0 Å². The molecule has 0 bridgehead atoms. The molecular weight excluding hydrogens is 394 g/mol. The quantitative estimate of drug-likeness (QED) is 0.663. The number of para-hydroxylation sites is 2. The SMILES string of the molecule is COc1ccc(NC2=NC3Nc4ccccc4N3C(=O)N2c2ccc(OC)cc2)cc1. The number of fused-ring (bicyclic) bond motifs is 3. The van der Waals surface area contributed by atoms with E-state index in [1.807, 2.05) is 72.8 Å². The van der Waals surface area contributed by atoms with Crippen LogP contribution >= 0.6 is 0 Å². The van der Waals surface area contributed by atoms with E-state index in [4.69, 9.17) is 14.5 Å². The smallest absolute Gasteiger partial charge is 0.339 e. The van der Waals surface area contributed by atoms with Gasteiger partial charge in [0, 0.05) is 5.69 Å². The van der Waals surface area contributed by atoms with Gasteiger partial charge in [-0.3, -0.25) is 4.90 Å². The summed E-state index contributed by atoms with van der Waals surface area (Å²) in [6, 6.07) is 22.2. The lowest BCUT2D eigenvalue weighted by atomic mass is 10.2. The molecule has 0 saturated carbocycles. The van der Waals surface area contributed by atoms with Crippen molar-refractivity contribution in [1.29, 1.82) is 0 Å². The molecule has 0 aromatic heterocycles. The first-order chi connectivity index (χ1) is 15.2. The van der Waals surface area contributed by atoms with Crippen molar-refractivity contribution in [1.82, 2.24) is 0 Å². The Kier molecular flexibility index (Phi) is 4.59. The van der Waals surface area contributed by atoms with Gasteiger partial charge in [-0.25, -0.2) is 14.7 Å². The second kappa shape index (κ2) is 7.56. The first kappa shape index (κ1) is 18.8. The third kappa shape index (κ3) is 3.28. The Morgan fingerprint density at radius 3 is 2.23 bits per heavy atom. The number of aliphatic imine (C=N–C) groups is 1. The average Bonchev–Trinajstić information content (AvgIpc) is 3.18. The minimum absolute atomic E-state index is 0.210. The number of methoxy groups -OCH3 is 2. The van der Waals surface area contributed by atoms with E-state index in [0.29, 0.717) is 17.4 Å². The number of nitrogens with one attached hydrogen (secondary N) is 2. The van der Waals surface area contributed by atoms with E-state index < -0.39 is 6.29 Å². The lowest BCUT2D eigenvalue weighted by Gasteiger charge is -2.36. The standard InChI is InChI=1S/C23H21N5O3/c1-30-17-11-7-15(8-12-17)24-21-26-22-25-19-5-3-4-6-20(19)28(22)23(29)27(21)16-9-13-18(31-2)14-10-16/h3-14,22,25H,1-2H3,(H,24,26). The number of amides is 2. The molecule has 0 saturated heterocycles. The van der Waals surface area contributed by atoms with Crippen molar-refractivity contribution in [3.63, 3.8) is 0 Å². The summed E-state index contributed by atoms with van der Waals surface area (Å²) in [5.74, 6) is 1.88. The van der Waals surface area contributed by atoms with Crippen LogP contribution in [0.25, 0.3) is 0 Å². The van der Waals surface area contributed by atoms with Crippen molar-refractivity contribution < 1.29 is 14.3 Å². The molecule has 2 heterocycles. The first-order valence-corrected chi connectivity index (χ1v) is 9.80. The van der Waals surface area contributed by atoms with Crippen LogP contribution in [0, 0.1) is 0 Å². The normalized spacial score (nSPS) is 16.8. The zero-order valence-corrected chi connectivity index (χ0v) is 17.1. The Balaban J connectivity index is 1.55. The molecule has 8 nitrogen and oxygen atoms in total. The van der Waals surface area contributed by atoms with Crippen molar-refractivity contribution in [2.24, 2.45) is 4.99 Å². The summed E-state index contributed by atoms with van der Waals surface area (Å²) < 4.78 is 10.5. The second-order valence-electron chi connectivity index (χ2n) is 7.03. The molecule has 2 N–H and O–H groups in total. The fourth-order valence-corrected chi connectivity index (χ4v) is 3.67. The number of anilines is 4. The summed E-state index contributed by atoms with van der Waals surface area (Å²) >= 11 is 0. The zero-order chi connectivity index (χ0) is 21.4. The van der Waals surface area contributed by atoms with Gasteiger partial charge in [0.2, 0.25) is 12.2 Å². The van der Waals surface area contributed by atoms with Gasteiger partial charge in [0.25, 0.3) is 0 Å². The maximum Gasteiger partial charge on any atom is 0.339 e. The van der Waals surface area contributed by atoms with Crippen LogP contribution in [0.1, 0.15) is 0 Å². The molecular formula is C23H21N5O3. The van der Waals surface area contributed by atoms with Crippen LogP contribution in [0.2, 0.25) is 0 Å². The molecule has 0 fully saturated rings. The lowest BCUT2D eigenvalue weighted by Crippen LogP contribution is -2.57. The van der Waals surface area contributed by atoms with Gasteiger partial charge in [-0.15, -0.1) is 0 Å². The van der Waals surface area contributed by atoms with Crippen molar-refractivity contribution in [2.45, 2.75) is 6.29 Å². The number of rotatable bonds is 4. The number of hydrogen-bond donors (Lipinski definition) is 2. The molecule has 2 aliphatic rings. The number of urea groups is 1. The van der Waals surface area contributed by atoms with Crippen LogP contribution in [0.3, 0.4) is 0 Å². The highest BCUT2D eigenvalue weighted by atomic mass is 16.5. The van der Waals surface area contributed by atoms with E-state index in [9.17, 15) is 4.79 Å². The van der Waals surface area contributed by atoms with Crippen molar-refractivity contribution in [3.8, 4) is 11.5 Å². The largest absolute Gasteiger partial charge is 0.497 e. The zero-order valence-electron chi connectivity index (χ0n) is 17.1. The first-order valence-electron chi connectivity index (χ1n) is 9.80. The number of carbonyl (C=O) groups excluding carboxylic acids is 1. The number of guanidine groups is 1. The van der Waals surface area contributed by atoms with Gasteiger partial charge in [0.15, 0.2) is 0 Å². The molecule has 0 spiro atoms. The van der Waals surface area contributed by atoms with E-state index >= 15 is 0 Å². The number of benzene rings is 3. The molecule has 31 heavy (non-hydrogen) atoms. The topological polar surface area (TPSA) is 78.4 Å². The van der Waals surface area contributed by atoms with Crippen LogP contribution in [0.15, 0.2) is 77.8 Å². The number of nitrogens with zero attached hydrogens (tertiary/aromatic N) is 3. The highest BCUT2D eigenvalue weighted by molar-refractivity contribution is 6.26. The monoisotopic (exact) mass is 415 g/mol. The van der Waals surface area contributed by atoms with E-state index in [1.165, 1.54) is 0 Å². The van der Waals surface area contributed by atoms with E-state index in [1.54, 1.807) is 24.0 Å². The van der Waals surface area contributed by atoms with Crippen LogP contribution in [0.5, 0.6) is 11.5 Å². The molecule has 2 aliphatic heterocycles. The minimum Gasteiger partial charge on any atom is -0.497 e. The Morgan fingerprint density at radius 2 is 1.55 bits per heavy atom. The molecule has 2 amide bonds. The Morgan fingerprint density at radius 1 is 0.903 bits per heavy atom. The molecule has 1 atom stereocenters. The van der Waals surface area contributed by atoms with E-state index in [0.717, 1.165) is 22.8 Å². The summed E-state index contributed by atoms with van der Waals surface area (Å²) in [6.07, 6.45) is -0.528. The highest BCUT2D eigenvalue weighted by Gasteiger charge is 2.42. The van der Waals surface area contributed by atoms with Crippen LogP contribution in [-0.2, 0) is 0 Å². The third-order valence-electron chi connectivity index (χ3n) is 5.22. The minimum atomic E-state index is -0.528. The fourth-order valence-electron chi connectivity index (χ4n) is 3.67. The third-order valence-corrected chi connectivity index (χ3v) is 5.22. The number of hydrogen-bond acceptors (Lipinski definition) is 6. The van der Waals surface area contributed by atoms with E-state index in [2.05, 4.69) is 10.6 Å². The summed E-state index contributed by atoms with van der Waals surface area (Å²) in [4.78, 5) is 21.7. The molecule has 3 aromatic rings. The van der Waals surface area contributed by atoms with Gasteiger partial charge < -0.3 is 20.1 Å². The maximum atomic E-state index is 13.7. The Bertz CT molecular complexity index is 1140. The Labute approximate surface area is 179 Å². The lowest BCUT2D eigenvalue weighted by molar-refractivity contribution is 0.252.